The van der Waals surface area contributed by atoms with E-state index in [2.05, 4.69) is 15.5 Å². The summed E-state index contributed by atoms with van der Waals surface area (Å²) in [7, 11) is -2.03. The Bertz CT molecular complexity index is 870. The van der Waals surface area contributed by atoms with Gasteiger partial charge in [-0.1, -0.05) is 42.2 Å². The lowest BCUT2D eigenvalue weighted by molar-refractivity contribution is -0.116. The summed E-state index contributed by atoms with van der Waals surface area (Å²) in [6, 6.07) is 6.88. The molecule has 1 N–H and O–H groups in total. The smallest absolute Gasteiger partial charge is 0.232 e. The molecule has 1 aromatic heterocycles. The number of aromatic nitrogens is 2. The zero-order valence-electron chi connectivity index (χ0n) is 15.3. The van der Waals surface area contributed by atoms with Crippen LogP contribution in [0.2, 0.25) is 0 Å². The number of nitrogens with one attached hydrogen (secondary N) is 1. The first-order chi connectivity index (χ1) is 12.8. The van der Waals surface area contributed by atoms with Crippen molar-refractivity contribution in [2.45, 2.75) is 24.1 Å². The van der Waals surface area contributed by atoms with Crippen LogP contribution in [-0.4, -0.2) is 50.2 Å². The number of carbonyl (C=O) groups excluding carboxylic acids is 1. The normalized spacial score (nSPS) is 11.2. The van der Waals surface area contributed by atoms with Crippen LogP contribution in [0.5, 0.6) is 5.75 Å². The maximum atomic E-state index is 12.2. The second-order valence-corrected chi connectivity index (χ2v) is 9.86. The number of methoxy groups -OCH3 is 1. The first-order valence-electron chi connectivity index (χ1n) is 8.22. The van der Waals surface area contributed by atoms with Crippen LogP contribution < -0.4 is 14.4 Å². The number of benzene rings is 1. The standard InChI is InChI=1S/C16H22N4O4S3/c1-4-25-16-19-18-15(26-16)17-14(21)10-7-11-20(27(3,22)23)12-8-5-6-9-13(12)24-2/h5-6,8-9H,4,7,10-11H2,1-3H3,(H,17,18,21). The van der Waals surface area contributed by atoms with Gasteiger partial charge < -0.3 is 10.1 Å². The molecule has 0 aliphatic heterocycles. The first kappa shape index (κ1) is 21.5. The lowest BCUT2D eigenvalue weighted by Gasteiger charge is -2.24. The van der Waals surface area contributed by atoms with Gasteiger partial charge >= 0.3 is 0 Å². The maximum Gasteiger partial charge on any atom is 0.232 e. The summed E-state index contributed by atoms with van der Waals surface area (Å²) in [4.78, 5) is 12.1. The molecule has 0 radical (unpaired) electrons. The minimum atomic E-state index is -3.51. The number of carbonyl (C=O) groups is 1. The molecule has 2 rings (SSSR count). The molecule has 0 saturated carbocycles. The minimum Gasteiger partial charge on any atom is -0.495 e. The number of nitrogens with zero attached hydrogens (tertiary/aromatic N) is 3. The SMILES string of the molecule is CCSc1nnc(NC(=O)CCCN(c2ccccc2OC)S(C)(=O)=O)s1. The molecule has 148 valence electrons. The van der Waals surface area contributed by atoms with Crippen LogP contribution in [0.4, 0.5) is 10.8 Å². The third-order valence-corrected chi connectivity index (χ3v) is 6.47. The lowest BCUT2D eigenvalue weighted by Crippen LogP contribution is -2.31. The van der Waals surface area contributed by atoms with E-state index >= 15 is 0 Å². The van der Waals surface area contributed by atoms with Crippen molar-refractivity contribution < 1.29 is 17.9 Å². The molecule has 0 atom stereocenters. The molecule has 1 aromatic carbocycles. The Morgan fingerprint density at radius 3 is 2.74 bits per heavy atom. The zero-order chi connectivity index (χ0) is 19.9. The molecule has 2 aromatic rings. The van der Waals surface area contributed by atoms with Crippen LogP contribution in [0.25, 0.3) is 0 Å². The number of amides is 1. The van der Waals surface area contributed by atoms with E-state index in [4.69, 9.17) is 4.74 Å². The van der Waals surface area contributed by atoms with Crippen LogP contribution in [0.3, 0.4) is 0 Å². The van der Waals surface area contributed by atoms with E-state index in [1.54, 1.807) is 36.0 Å². The highest BCUT2D eigenvalue weighted by molar-refractivity contribution is 8.01. The van der Waals surface area contributed by atoms with Gasteiger partial charge in [-0.15, -0.1) is 10.2 Å². The van der Waals surface area contributed by atoms with Crippen molar-refractivity contribution in [1.82, 2.24) is 10.2 Å². The summed E-state index contributed by atoms with van der Waals surface area (Å²) in [5.74, 6) is 1.11. The largest absolute Gasteiger partial charge is 0.495 e. The topological polar surface area (TPSA) is 101 Å². The number of sulfonamides is 1. The molecule has 0 bridgehead atoms. The number of anilines is 2. The van der Waals surface area contributed by atoms with Gasteiger partial charge in [0.2, 0.25) is 21.1 Å². The molecule has 0 spiro atoms. The second-order valence-electron chi connectivity index (χ2n) is 5.46. The summed E-state index contributed by atoms with van der Waals surface area (Å²) in [6.45, 7) is 2.18. The molecule has 11 heteroatoms. The molecule has 0 unspecified atom stereocenters. The third-order valence-electron chi connectivity index (χ3n) is 3.44. The molecule has 0 saturated heterocycles. The van der Waals surface area contributed by atoms with E-state index in [9.17, 15) is 13.2 Å². The number of rotatable bonds is 10. The number of thioether (sulfide) groups is 1. The summed E-state index contributed by atoms with van der Waals surface area (Å²) < 4.78 is 31.7. The van der Waals surface area contributed by atoms with Crippen LogP contribution >= 0.6 is 23.1 Å². The van der Waals surface area contributed by atoms with E-state index in [-0.39, 0.29) is 18.9 Å². The fraction of sp³-hybridized carbons (Fsp3) is 0.438. The fourth-order valence-electron chi connectivity index (χ4n) is 2.31. The van der Waals surface area contributed by atoms with Crippen molar-refractivity contribution in [3.05, 3.63) is 24.3 Å². The Kier molecular flexibility index (Phi) is 7.87. The Morgan fingerprint density at radius 2 is 2.07 bits per heavy atom. The van der Waals surface area contributed by atoms with Gasteiger partial charge in [0, 0.05) is 13.0 Å². The average Bonchev–Trinajstić information content (AvgIpc) is 3.05. The summed E-state index contributed by atoms with van der Waals surface area (Å²) in [5, 5.41) is 11.0. The van der Waals surface area contributed by atoms with Crippen molar-refractivity contribution in [2.75, 3.05) is 35.3 Å². The summed E-state index contributed by atoms with van der Waals surface area (Å²) in [5.41, 5.74) is 0.452. The fourth-order valence-corrected chi connectivity index (χ4v) is 4.94. The van der Waals surface area contributed by atoms with Crippen molar-refractivity contribution in [2.24, 2.45) is 0 Å². The van der Waals surface area contributed by atoms with Gasteiger partial charge in [-0.05, 0) is 24.3 Å². The van der Waals surface area contributed by atoms with Crippen molar-refractivity contribution in [1.29, 1.82) is 0 Å². The van der Waals surface area contributed by atoms with E-state index in [0.29, 0.717) is 23.0 Å². The van der Waals surface area contributed by atoms with Gasteiger partial charge in [0.15, 0.2) is 4.34 Å². The van der Waals surface area contributed by atoms with Crippen LogP contribution in [0.1, 0.15) is 19.8 Å². The lowest BCUT2D eigenvalue weighted by atomic mass is 10.2. The third kappa shape index (κ3) is 6.36. The van der Waals surface area contributed by atoms with Gasteiger partial charge in [-0.25, -0.2) is 8.42 Å². The van der Waals surface area contributed by atoms with Gasteiger partial charge in [0.1, 0.15) is 5.75 Å². The number of ether oxygens (including phenoxy) is 1. The molecule has 8 nitrogen and oxygen atoms in total. The number of hydrogen-bond donors (Lipinski definition) is 1. The predicted octanol–water partition coefficient (Wildman–Crippen LogP) is 2.84. The average molecular weight is 431 g/mol. The van der Waals surface area contributed by atoms with Gasteiger partial charge in [-0.3, -0.25) is 9.10 Å². The maximum absolute atomic E-state index is 12.2. The quantitative estimate of drug-likeness (QED) is 0.457. The van der Waals surface area contributed by atoms with E-state index in [1.165, 1.54) is 22.8 Å². The Balaban J connectivity index is 1.96. The molecule has 1 amide bonds. The molecule has 1 heterocycles. The highest BCUT2D eigenvalue weighted by atomic mass is 32.2. The molecular weight excluding hydrogens is 408 g/mol. The highest BCUT2D eigenvalue weighted by Gasteiger charge is 2.21. The van der Waals surface area contributed by atoms with Gasteiger partial charge in [-0.2, -0.15) is 0 Å². The Labute approximate surface area is 167 Å². The zero-order valence-corrected chi connectivity index (χ0v) is 17.8. The van der Waals surface area contributed by atoms with Gasteiger partial charge in [0.05, 0.1) is 19.1 Å². The number of para-hydroxylation sites is 2. The Morgan fingerprint density at radius 1 is 1.33 bits per heavy atom. The summed E-state index contributed by atoms with van der Waals surface area (Å²) in [6.07, 6.45) is 1.65. The first-order valence-corrected chi connectivity index (χ1v) is 11.9. The van der Waals surface area contributed by atoms with E-state index in [0.717, 1.165) is 16.3 Å². The molecule has 0 fully saturated rings. The predicted molar refractivity (Wildman–Crippen MR) is 109 cm³/mol. The molecular formula is C16H22N4O4S3. The van der Waals surface area contributed by atoms with Crippen molar-refractivity contribution in [3.8, 4) is 5.75 Å². The molecule has 0 aliphatic carbocycles. The monoisotopic (exact) mass is 430 g/mol. The van der Waals surface area contributed by atoms with Crippen LogP contribution in [0, 0.1) is 0 Å². The van der Waals surface area contributed by atoms with Crippen molar-refractivity contribution in [3.63, 3.8) is 0 Å². The minimum absolute atomic E-state index is 0.164. The highest BCUT2D eigenvalue weighted by Crippen LogP contribution is 2.30. The van der Waals surface area contributed by atoms with Gasteiger partial charge in [0.25, 0.3) is 0 Å². The van der Waals surface area contributed by atoms with Crippen molar-refractivity contribution >= 4 is 49.8 Å². The molecule has 27 heavy (non-hydrogen) atoms. The number of hydrogen-bond acceptors (Lipinski definition) is 8. The Hall–Kier alpha value is -1.85. The second kappa shape index (κ2) is 9.90. The van der Waals surface area contributed by atoms with Crippen LogP contribution in [-0.2, 0) is 14.8 Å². The summed E-state index contributed by atoms with van der Waals surface area (Å²) >= 11 is 2.87. The van der Waals surface area contributed by atoms with Crippen LogP contribution in [0.15, 0.2) is 28.6 Å². The molecule has 0 aliphatic rings. The van der Waals surface area contributed by atoms with E-state index in [1.807, 2.05) is 6.92 Å². The van der Waals surface area contributed by atoms with E-state index < -0.39 is 10.0 Å².